The summed E-state index contributed by atoms with van der Waals surface area (Å²) in [6.07, 6.45) is 0. The van der Waals surface area contributed by atoms with Gasteiger partial charge in [0.25, 0.3) is 9.70 Å². The van der Waals surface area contributed by atoms with Crippen molar-refractivity contribution in [3.05, 3.63) is 53.6 Å². The van der Waals surface area contributed by atoms with Gasteiger partial charge < -0.3 is 10.1 Å². The molecule has 3 nitrogen and oxygen atoms in total. The minimum absolute atomic E-state index is 0.495. The molecule has 1 amide bonds. The van der Waals surface area contributed by atoms with Crippen LogP contribution in [0.3, 0.4) is 0 Å². The second-order valence-corrected chi connectivity index (χ2v) is 6.75. The molecule has 0 aromatic heterocycles. The molecule has 0 radical (unpaired) electrons. The Kier molecular flexibility index (Phi) is 5.22. The van der Waals surface area contributed by atoms with Crippen LogP contribution in [0.15, 0.2) is 48.5 Å². The summed E-state index contributed by atoms with van der Waals surface area (Å²) in [5.74, 6) is 0.528. The van der Waals surface area contributed by atoms with Crippen LogP contribution in [0.5, 0.6) is 11.5 Å². The topological polar surface area (TPSA) is 38.3 Å². The van der Waals surface area contributed by atoms with Gasteiger partial charge in [-0.25, -0.2) is 0 Å². The lowest BCUT2D eigenvalue weighted by Crippen LogP contribution is -2.26. The average Bonchev–Trinajstić information content (AvgIpc) is 2.42. The van der Waals surface area contributed by atoms with E-state index in [0.29, 0.717) is 22.2 Å². The van der Waals surface area contributed by atoms with Crippen molar-refractivity contribution in [1.82, 2.24) is 0 Å². The van der Waals surface area contributed by atoms with Gasteiger partial charge >= 0.3 is 0 Å². The monoisotopic (exact) mass is 363 g/mol. The first-order chi connectivity index (χ1) is 9.84. The van der Waals surface area contributed by atoms with Gasteiger partial charge in [0.1, 0.15) is 11.5 Å². The van der Waals surface area contributed by atoms with Crippen molar-refractivity contribution < 1.29 is 9.53 Å². The molecule has 2 rings (SSSR count). The zero-order valence-corrected chi connectivity index (χ0v) is 13.5. The minimum atomic E-state index is -2.00. The van der Waals surface area contributed by atoms with Crippen LogP contribution in [-0.4, -0.2) is 9.70 Å². The third-order valence-electron chi connectivity index (χ3n) is 2.42. The highest BCUT2D eigenvalue weighted by Crippen LogP contribution is 2.29. The predicted octanol–water partition coefficient (Wildman–Crippen LogP) is 5.44. The number of hydrogen-bond acceptors (Lipinski definition) is 2. The Morgan fingerprint density at radius 2 is 1.38 bits per heavy atom. The molecule has 0 spiro atoms. The van der Waals surface area contributed by atoms with Gasteiger partial charge in [0, 0.05) is 10.7 Å². The summed E-state index contributed by atoms with van der Waals surface area (Å²) in [6, 6.07) is 13.6. The summed E-state index contributed by atoms with van der Waals surface area (Å²) in [5.41, 5.74) is 0.495. The summed E-state index contributed by atoms with van der Waals surface area (Å²) >= 11 is 22.2. The normalized spacial score (nSPS) is 11.0. The number of rotatable bonds is 3. The number of amides is 1. The van der Waals surface area contributed by atoms with Crippen LogP contribution < -0.4 is 10.1 Å². The van der Waals surface area contributed by atoms with Gasteiger partial charge in [-0.15, -0.1) is 0 Å². The minimum Gasteiger partial charge on any atom is -0.457 e. The van der Waals surface area contributed by atoms with Gasteiger partial charge in [-0.3, -0.25) is 4.79 Å². The van der Waals surface area contributed by atoms with Crippen molar-refractivity contribution in [2.45, 2.75) is 3.79 Å². The molecule has 0 bridgehead atoms. The number of halogens is 4. The van der Waals surface area contributed by atoms with E-state index < -0.39 is 9.70 Å². The highest BCUT2D eigenvalue weighted by atomic mass is 35.6. The number of anilines is 1. The standard InChI is InChI=1S/C14H9Cl4NO2/c15-9-1-5-11(6-2-9)21-12-7-3-10(4-8-12)19-13(20)14(16,17)18/h1-8H,(H,19,20). The zero-order valence-electron chi connectivity index (χ0n) is 10.4. The van der Waals surface area contributed by atoms with Crippen LogP contribution in [-0.2, 0) is 4.79 Å². The molecule has 0 saturated heterocycles. The fraction of sp³-hybridized carbons (Fsp3) is 0.0714. The maximum absolute atomic E-state index is 11.5. The first-order valence-corrected chi connectivity index (χ1v) is 7.27. The highest BCUT2D eigenvalue weighted by molar-refractivity contribution is 6.76. The first kappa shape index (κ1) is 16.2. The SMILES string of the molecule is O=C(Nc1ccc(Oc2ccc(Cl)cc2)cc1)C(Cl)(Cl)Cl. The molecule has 2 aromatic carbocycles. The lowest BCUT2D eigenvalue weighted by Gasteiger charge is -2.12. The van der Waals surface area contributed by atoms with E-state index in [2.05, 4.69) is 5.32 Å². The Bertz CT molecular complexity index is 621. The Morgan fingerprint density at radius 1 is 0.905 bits per heavy atom. The van der Waals surface area contributed by atoms with E-state index in [1.165, 1.54) is 0 Å². The van der Waals surface area contributed by atoms with E-state index in [1.54, 1.807) is 48.5 Å². The molecule has 110 valence electrons. The van der Waals surface area contributed by atoms with Crippen molar-refractivity contribution in [3.63, 3.8) is 0 Å². The van der Waals surface area contributed by atoms with E-state index in [1.807, 2.05) is 0 Å². The van der Waals surface area contributed by atoms with Crippen molar-refractivity contribution in [2.24, 2.45) is 0 Å². The van der Waals surface area contributed by atoms with E-state index in [9.17, 15) is 4.79 Å². The molecule has 0 aliphatic heterocycles. The summed E-state index contributed by atoms with van der Waals surface area (Å²) < 4.78 is 3.61. The van der Waals surface area contributed by atoms with Crippen LogP contribution in [0, 0.1) is 0 Å². The van der Waals surface area contributed by atoms with E-state index in [4.69, 9.17) is 51.1 Å². The van der Waals surface area contributed by atoms with Gasteiger partial charge in [-0.1, -0.05) is 46.4 Å². The smallest absolute Gasteiger partial charge is 0.276 e. The fourth-order valence-corrected chi connectivity index (χ4v) is 1.71. The molecule has 0 heterocycles. The van der Waals surface area contributed by atoms with Gasteiger partial charge in [0.05, 0.1) is 0 Å². The molecule has 7 heteroatoms. The number of ether oxygens (including phenoxy) is 1. The van der Waals surface area contributed by atoms with Crippen molar-refractivity contribution in [1.29, 1.82) is 0 Å². The summed E-state index contributed by atoms with van der Waals surface area (Å²) in [5, 5.41) is 3.10. The van der Waals surface area contributed by atoms with Gasteiger partial charge in [-0.2, -0.15) is 0 Å². The lowest BCUT2D eigenvalue weighted by atomic mass is 10.3. The van der Waals surface area contributed by atoms with Crippen LogP contribution in [0.2, 0.25) is 5.02 Å². The largest absolute Gasteiger partial charge is 0.457 e. The summed E-state index contributed by atoms with van der Waals surface area (Å²) in [4.78, 5) is 11.5. The molecule has 0 saturated carbocycles. The molecular formula is C14H9Cl4NO2. The number of carbonyl (C=O) groups excluding carboxylic acids is 1. The van der Waals surface area contributed by atoms with Crippen molar-refractivity contribution in [3.8, 4) is 11.5 Å². The van der Waals surface area contributed by atoms with E-state index >= 15 is 0 Å². The maximum atomic E-state index is 11.5. The van der Waals surface area contributed by atoms with Gasteiger partial charge in [-0.05, 0) is 48.5 Å². The molecule has 0 atom stereocenters. The van der Waals surface area contributed by atoms with Crippen LogP contribution >= 0.6 is 46.4 Å². The Hall–Kier alpha value is -1.13. The molecule has 0 aliphatic carbocycles. The number of benzene rings is 2. The molecule has 0 aliphatic rings. The van der Waals surface area contributed by atoms with Crippen molar-refractivity contribution >= 4 is 58.0 Å². The molecule has 0 unspecified atom stereocenters. The fourth-order valence-electron chi connectivity index (χ4n) is 1.45. The highest BCUT2D eigenvalue weighted by Gasteiger charge is 2.30. The summed E-state index contributed by atoms with van der Waals surface area (Å²) in [7, 11) is 0. The molecule has 0 fully saturated rings. The second kappa shape index (κ2) is 6.75. The van der Waals surface area contributed by atoms with E-state index in [0.717, 1.165) is 0 Å². The number of nitrogens with one attached hydrogen (secondary N) is 1. The molecule has 2 aromatic rings. The van der Waals surface area contributed by atoms with Crippen LogP contribution in [0.4, 0.5) is 5.69 Å². The lowest BCUT2D eigenvalue weighted by molar-refractivity contribution is -0.115. The van der Waals surface area contributed by atoms with Gasteiger partial charge in [0.2, 0.25) is 0 Å². The second-order valence-electron chi connectivity index (χ2n) is 4.03. The van der Waals surface area contributed by atoms with Crippen LogP contribution in [0.1, 0.15) is 0 Å². The third-order valence-corrected chi connectivity index (χ3v) is 3.19. The third kappa shape index (κ3) is 4.97. The maximum Gasteiger partial charge on any atom is 0.276 e. The van der Waals surface area contributed by atoms with Crippen LogP contribution in [0.25, 0.3) is 0 Å². The van der Waals surface area contributed by atoms with Crippen molar-refractivity contribution in [2.75, 3.05) is 5.32 Å². The number of alkyl halides is 3. The molecule has 21 heavy (non-hydrogen) atoms. The number of hydrogen-bond donors (Lipinski definition) is 1. The average molecular weight is 365 g/mol. The predicted molar refractivity (Wildman–Crippen MR) is 86.9 cm³/mol. The molecule has 1 N–H and O–H groups in total. The zero-order chi connectivity index (χ0) is 15.5. The van der Waals surface area contributed by atoms with E-state index in [-0.39, 0.29) is 0 Å². The quantitative estimate of drug-likeness (QED) is 0.736. The van der Waals surface area contributed by atoms with Gasteiger partial charge in [0.15, 0.2) is 0 Å². The molecular weight excluding hydrogens is 356 g/mol. The number of carbonyl (C=O) groups is 1. The summed E-state index contributed by atoms with van der Waals surface area (Å²) in [6.45, 7) is 0. The first-order valence-electron chi connectivity index (χ1n) is 5.76. The Morgan fingerprint density at radius 3 is 1.86 bits per heavy atom. The Labute approximate surface area is 141 Å². The Balaban J connectivity index is 2.02.